The maximum absolute atomic E-state index is 13.1. The van der Waals surface area contributed by atoms with Gasteiger partial charge in [-0.1, -0.05) is 0 Å². The molecule has 1 amide bonds. The van der Waals surface area contributed by atoms with Crippen LogP contribution < -0.4 is 10.6 Å². The molecule has 0 unspecified atom stereocenters. The number of benzene rings is 3. The molecule has 3 aromatic carbocycles. The molecule has 5 N–H and O–H groups in total. The van der Waals surface area contributed by atoms with Crippen LogP contribution in [0.5, 0.6) is 0 Å². The van der Waals surface area contributed by atoms with Crippen LogP contribution in [0, 0.1) is 0 Å². The van der Waals surface area contributed by atoms with Gasteiger partial charge in [0.2, 0.25) is 0 Å². The summed E-state index contributed by atoms with van der Waals surface area (Å²) in [5.74, 6) is -5.37. The molecule has 0 aliphatic rings. The zero-order chi connectivity index (χ0) is 24.4. The summed E-state index contributed by atoms with van der Waals surface area (Å²) in [7, 11) is 1.56. The Labute approximate surface area is 186 Å². The number of carboxylic acid groups (broad SMARTS) is 3. The van der Waals surface area contributed by atoms with E-state index in [1.807, 2.05) is 0 Å². The van der Waals surface area contributed by atoms with E-state index in [9.17, 15) is 39.3 Å². The Morgan fingerprint density at radius 2 is 1.15 bits per heavy atom. The monoisotopic (exact) mass is 450 g/mol. The molecule has 10 nitrogen and oxygen atoms in total. The van der Waals surface area contributed by atoms with Crippen molar-refractivity contribution < 1.29 is 39.3 Å². The summed E-state index contributed by atoms with van der Waals surface area (Å²) in [5, 5.41) is 33.5. The van der Waals surface area contributed by atoms with E-state index in [0.717, 1.165) is 12.1 Å². The number of aromatic carboxylic acids is 3. The van der Waals surface area contributed by atoms with Crippen LogP contribution in [0.25, 0.3) is 10.8 Å². The van der Waals surface area contributed by atoms with E-state index in [2.05, 4.69) is 10.6 Å². The lowest BCUT2D eigenvalue weighted by molar-refractivity contribution is 0.0684. The first kappa shape index (κ1) is 22.9. The normalized spacial score (nSPS) is 10.5. The van der Waals surface area contributed by atoms with Crippen molar-refractivity contribution in [1.82, 2.24) is 0 Å². The van der Waals surface area contributed by atoms with Crippen molar-refractivity contribution in [3.63, 3.8) is 0 Å². The molecular weight excluding hydrogens is 432 g/mol. The van der Waals surface area contributed by atoms with E-state index in [1.54, 1.807) is 7.05 Å². The molecule has 3 aromatic rings. The van der Waals surface area contributed by atoms with E-state index < -0.39 is 29.6 Å². The second-order valence-corrected chi connectivity index (χ2v) is 7.05. The van der Waals surface area contributed by atoms with Gasteiger partial charge in [0.25, 0.3) is 5.91 Å². The maximum Gasteiger partial charge on any atom is 0.336 e. The number of ketones is 1. The van der Waals surface area contributed by atoms with Crippen molar-refractivity contribution in [2.45, 2.75) is 6.92 Å². The predicted octanol–water partition coefficient (Wildman–Crippen LogP) is 3.43. The molecule has 0 bridgehead atoms. The number of anilines is 2. The van der Waals surface area contributed by atoms with E-state index >= 15 is 0 Å². The molecule has 168 valence electrons. The molecule has 0 atom stereocenters. The topological polar surface area (TPSA) is 170 Å². The minimum absolute atomic E-state index is 0.0487. The zero-order valence-electron chi connectivity index (χ0n) is 17.4. The third-order valence-electron chi connectivity index (χ3n) is 4.97. The van der Waals surface area contributed by atoms with Gasteiger partial charge < -0.3 is 26.0 Å². The van der Waals surface area contributed by atoms with Gasteiger partial charge in [0.1, 0.15) is 0 Å². The first-order chi connectivity index (χ1) is 15.5. The lowest BCUT2D eigenvalue weighted by Gasteiger charge is -2.15. The summed E-state index contributed by atoms with van der Waals surface area (Å²) in [5.41, 5.74) is -0.526. The van der Waals surface area contributed by atoms with Gasteiger partial charge in [-0.05, 0) is 49.4 Å². The molecule has 3 rings (SSSR count). The van der Waals surface area contributed by atoms with Gasteiger partial charge in [-0.15, -0.1) is 0 Å². The number of hydrogen-bond donors (Lipinski definition) is 5. The number of carbonyl (C=O) groups is 5. The summed E-state index contributed by atoms with van der Waals surface area (Å²) in [6, 6.07) is 8.65. The number of carboxylic acids is 3. The third kappa shape index (κ3) is 4.35. The lowest BCUT2D eigenvalue weighted by atomic mass is 9.90. The van der Waals surface area contributed by atoms with Gasteiger partial charge in [0.05, 0.1) is 16.7 Å². The van der Waals surface area contributed by atoms with Gasteiger partial charge in [-0.25, -0.2) is 14.4 Å². The third-order valence-corrected chi connectivity index (χ3v) is 4.97. The first-order valence-electron chi connectivity index (χ1n) is 9.49. The van der Waals surface area contributed by atoms with Gasteiger partial charge in [-0.2, -0.15) is 0 Å². The summed E-state index contributed by atoms with van der Waals surface area (Å²) < 4.78 is 0. The highest BCUT2D eigenvalue weighted by molar-refractivity contribution is 6.24. The fourth-order valence-corrected chi connectivity index (χ4v) is 3.50. The molecule has 0 fully saturated rings. The van der Waals surface area contributed by atoms with Gasteiger partial charge in [0, 0.05) is 40.3 Å². The maximum atomic E-state index is 13.1. The van der Waals surface area contributed by atoms with Crippen molar-refractivity contribution >= 4 is 51.7 Å². The molecule has 0 aromatic heterocycles. The Morgan fingerprint density at radius 1 is 0.667 bits per heavy atom. The Balaban J connectivity index is 2.27. The first-order valence-corrected chi connectivity index (χ1v) is 9.49. The van der Waals surface area contributed by atoms with Crippen LogP contribution in [0.1, 0.15) is 58.7 Å². The average molecular weight is 450 g/mol. The Morgan fingerprint density at radius 3 is 1.64 bits per heavy atom. The summed E-state index contributed by atoms with van der Waals surface area (Å²) in [6.07, 6.45) is 0. The molecule has 0 saturated carbocycles. The van der Waals surface area contributed by atoms with Gasteiger partial charge >= 0.3 is 17.9 Å². The second-order valence-electron chi connectivity index (χ2n) is 7.05. The van der Waals surface area contributed by atoms with Crippen molar-refractivity contribution in [1.29, 1.82) is 0 Å². The smallest absolute Gasteiger partial charge is 0.336 e. The highest BCUT2D eigenvalue weighted by Gasteiger charge is 2.24. The molecule has 0 heterocycles. The van der Waals surface area contributed by atoms with Crippen LogP contribution in [0.15, 0.2) is 42.5 Å². The second kappa shape index (κ2) is 8.79. The summed E-state index contributed by atoms with van der Waals surface area (Å²) in [6.45, 7) is 1.20. The van der Waals surface area contributed by atoms with Crippen LogP contribution in [0.3, 0.4) is 0 Å². The Hall–Kier alpha value is -4.73. The van der Waals surface area contributed by atoms with E-state index in [1.165, 1.54) is 37.3 Å². The van der Waals surface area contributed by atoms with E-state index in [0.29, 0.717) is 5.69 Å². The number of Topliss-reactive ketones (excluding diaryl/α,β-unsaturated/α-hetero) is 1. The molecule has 0 radical (unpaired) electrons. The number of carbonyl (C=O) groups excluding carboxylic acids is 2. The van der Waals surface area contributed by atoms with Crippen LogP contribution in [-0.2, 0) is 0 Å². The largest absolute Gasteiger partial charge is 0.478 e. The number of hydrogen-bond acceptors (Lipinski definition) is 6. The zero-order valence-corrected chi connectivity index (χ0v) is 17.4. The van der Waals surface area contributed by atoms with Crippen molar-refractivity contribution in [2.24, 2.45) is 0 Å². The quantitative estimate of drug-likeness (QED) is 0.338. The van der Waals surface area contributed by atoms with E-state index in [4.69, 9.17) is 0 Å². The van der Waals surface area contributed by atoms with Gasteiger partial charge in [0.15, 0.2) is 5.78 Å². The molecule has 0 saturated heterocycles. The Kier molecular flexibility index (Phi) is 6.11. The molecule has 0 aliphatic carbocycles. The van der Waals surface area contributed by atoms with Crippen molar-refractivity contribution in [3.8, 4) is 0 Å². The van der Waals surface area contributed by atoms with Crippen LogP contribution in [0.2, 0.25) is 0 Å². The number of amides is 1. The number of nitrogens with one attached hydrogen (secondary N) is 2. The predicted molar refractivity (Wildman–Crippen MR) is 119 cm³/mol. The van der Waals surface area contributed by atoms with Crippen LogP contribution >= 0.6 is 0 Å². The highest BCUT2D eigenvalue weighted by atomic mass is 16.4. The molecule has 33 heavy (non-hydrogen) atoms. The number of fused-ring (bicyclic) bond motifs is 1. The lowest BCUT2D eigenvalue weighted by Crippen LogP contribution is -2.16. The number of rotatable bonds is 7. The molecule has 10 heteroatoms. The molecular formula is C23H18N2O8. The molecule has 0 aliphatic heterocycles. The van der Waals surface area contributed by atoms with Crippen molar-refractivity contribution in [2.75, 3.05) is 17.7 Å². The highest BCUT2D eigenvalue weighted by Crippen LogP contribution is 2.31. The minimum atomic E-state index is -1.42. The van der Waals surface area contributed by atoms with Gasteiger partial charge in [-0.3, -0.25) is 9.59 Å². The summed E-state index contributed by atoms with van der Waals surface area (Å²) in [4.78, 5) is 60.3. The minimum Gasteiger partial charge on any atom is -0.478 e. The summed E-state index contributed by atoms with van der Waals surface area (Å²) >= 11 is 0. The SMILES string of the molecule is CNc1cc(NC(=O)c2ccc(C(C)=O)c3c(C(=O)O)ccc(C(=O)O)c23)cc(C(=O)O)c1. The molecule has 0 spiro atoms. The van der Waals surface area contributed by atoms with Crippen molar-refractivity contribution in [3.05, 3.63) is 70.3 Å². The average Bonchev–Trinajstić information content (AvgIpc) is 2.76. The van der Waals surface area contributed by atoms with E-state index in [-0.39, 0.29) is 44.3 Å². The fourth-order valence-electron chi connectivity index (χ4n) is 3.50. The van der Waals surface area contributed by atoms with Crippen LogP contribution in [-0.4, -0.2) is 52.0 Å². The standard InChI is InChI=1S/C23H18N2O8/c1-10(26)14-3-4-15(19-17(23(32)33)6-5-16(18(14)19)22(30)31)20(27)25-13-8-11(21(28)29)7-12(9-13)24-2/h3-9,24H,1-2H3,(H,25,27)(H,28,29)(H,30,31)(H,32,33). The Bertz CT molecular complexity index is 1340. The van der Waals surface area contributed by atoms with Crippen LogP contribution in [0.4, 0.5) is 11.4 Å². The fraction of sp³-hybridized carbons (Fsp3) is 0.0870.